The molecule has 4 aromatic rings. The number of anilines is 1. The molecule has 8 nitrogen and oxygen atoms in total. The Kier molecular flexibility index (Phi) is 7.67. The van der Waals surface area contributed by atoms with Gasteiger partial charge in [-0.3, -0.25) is 9.59 Å². The summed E-state index contributed by atoms with van der Waals surface area (Å²) < 4.78 is 7.05. The minimum Gasteiger partial charge on any atom is -0.497 e. The fourth-order valence-electron chi connectivity index (χ4n) is 3.76. The lowest BCUT2D eigenvalue weighted by molar-refractivity contribution is -0.113. The second-order valence-electron chi connectivity index (χ2n) is 7.87. The van der Waals surface area contributed by atoms with Gasteiger partial charge in [0.1, 0.15) is 5.75 Å². The van der Waals surface area contributed by atoms with Crippen LogP contribution in [-0.2, 0) is 11.3 Å². The van der Waals surface area contributed by atoms with E-state index in [0.717, 1.165) is 16.5 Å². The van der Waals surface area contributed by atoms with Crippen LogP contribution in [0.4, 0.5) is 5.69 Å². The average Bonchev–Trinajstić information content (AvgIpc) is 3.31. The number of fused-ring (bicyclic) bond motifs is 1. The molecular formula is C26H27N5O3S. The van der Waals surface area contributed by atoms with Crippen molar-refractivity contribution in [1.29, 1.82) is 0 Å². The number of amides is 2. The summed E-state index contributed by atoms with van der Waals surface area (Å²) in [5, 5.41) is 17.2. The van der Waals surface area contributed by atoms with Gasteiger partial charge in [-0.2, -0.15) is 0 Å². The quantitative estimate of drug-likeness (QED) is 0.331. The van der Waals surface area contributed by atoms with E-state index in [9.17, 15) is 9.59 Å². The van der Waals surface area contributed by atoms with E-state index in [2.05, 4.69) is 20.8 Å². The Balaban J connectivity index is 1.39. The van der Waals surface area contributed by atoms with Gasteiger partial charge in [0.05, 0.1) is 18.9 Å². The van der Waals surface area contributed by atoms with Crippen LogP contribution in [0.15, 0.2) is 71.9 Å². The Morgan fingerprint density at radius 1 is 1.03 bits per heavy atom. The smallest absolute Gasteiger partial charge is 0.251 e. The Morgan fingerprint density at radius 2 is 1.77 bits per heavy atom. The first-order chi connectivity index (χ1) is 17.0. The average molecular weight is 490 g/mol. The number of benzene rings is 3. The predicted octanol–water partition coefficient (Wildman–Crippen LogP) is 4.68. The van der Waals surface area contributed by atoms with Gasteiger partial charge in [0.2, 0.25) is 5.91 Å². The van der Waals surface area contributed by atoms with Gasteiger partial charge >= 0.3 is 0 Å². The van der Waals surface area contributed by atoms with Crippen LogP contribution in [0, 0.1) is 0 Å². The summed E-state index contributed by atoms with van der Waals surface area (Å²) in [5.74, 6) is 1.17. The first-order valence-corrected chi connectivity index (χ1v) is 12.3. The Bertz CT molecular complexity index is 1330. The third-order valence-electron chi connectivity index (χ3n) is 5.54. The van der Waals surface area contributed by atoms with E-state index in [-0.39, 0.29) is 23.6 Å². The number of hydrogen-bond donors (Lipinski definition) is 2. The largest absolute Gasteiger partial charge is 0.497 e. The van der Waals surface area contributed by atoms with Crippen LogP contribution < -0.4 is 15.4 Å². The Labute approximate surface area is 208 Å². The van der Waals surface area contributed by atoms with Gasteiger partial charge in [-0.25, -0.2) is 0 Å². The molecule has 1 heterocycles. The highest BCUT2D eigenvalue weighted by Gasteiger charge is 2.20. The van der Waals surface area contributed by atoms with Crippen LogP contribution in [0.5, 0.6) is 5.75 Å². The third-order valence-corrected chi connectivity index (χ3v) is 6.51. The fourth-order valence-corrected chi connectivity index (χ4v) is 4.57. The minimum atomic E-state index is -0.365. The van der Waals surface area contributed by atoms with Crippen LogP contribution in [0.25, 0.3) is 10.8 Å². The van der Waals surface area contributed by atoms with E-state index < -0.39 is 0 Å². The molecule has 4 rings (SSSR count). The molecule has 0 radical (unpaired) electrons. The molecule has 0 aliphatic heterocycles. The van der Waals surface area contributed by atoms with Crippen molar-refractivity contribution in [3.63, 3.8) is 0 Å². The molecule has 0 bridgehead atoms. The third kappa shape index (κ3) is 5.63. The summed E-state index contributed by atoms with van der Waals surface area (Å²) in [4.78, 5) is 25.3. The zero-order chi connectivity index (χ0) is 24.8. The summed E-state index contributed by atoms with van der Waals surface area (Å²) in [7, 11) is 1.58. The standard InChI is InChI=1S/C26H27N5O3S/c1-4-31-24(17(2)27-25(33)19-12-14-20(34-3)15-13-19)29-30-26(31)35-16-23(32)28-22-11-7-9-18-8-5-6-10-21(18)22/h5-15,17H,4,16H2,1-3H3,(H,27,33)(H,28,32)/t17-/m1/s1. The maximum Gasteiger partial charge on any atom is 0.251 e. The van der Waals surface area contributed by atoms with Crippen molar-refractivity contribution >= 4 is 40.0 Å². The van der Waals surface area contributed by atoms with Crippen LogP contribution >= 0.6 is 11.8 Å². The summed E-state index contributed by atoms with van der Waals surface area (Å²) in [6, 6.07) is 20.3. The number of methoxy groups -OCH3 is 1. The molecule has 0 fully saturated rings. The monoisotopic (exact) mass is 489 g/mol. The number of nitrogens with one attached hydrogen (secondary N) is 2. The second-order valence-corrected chi connectivity index (χ2v) is 8.81. The van der Waals surface area contributed by atoms with Crippen molar-refractivity contribution in [2.75, 3.05) is 18.2 Å². The van der Waals surface area contributed by atoms with Crippen LogP contribution in [0.3, 0.4) is 0 Å². The van der Waals surface area contributed by atoms with Crippen molar-refractivity contribution in [2.45, 2.75) is 31.6 Å². The van der Waals surface area contributed by atoms with Gasteiger partial charge in [-0.05, 0) is 49.6 Å². The molecule has 9 heteroatoms. The normalized spacial score (nSPS) is 11.7. The van der Waals surface area contributed by atoms with Crippen molar-refractivity contribution in [1.82, 2.24) is 20.1 Å². The molecule has 1 atom stereocenters. The summed E-state index contributed by atoms with van der Waals surface area (Å²) in [6.07, 6.45) is 0. The summed E-state index contributed by atoms with van der Waals surface area (Å²) in [6.45, 7) is 4.45. The van der Waals surface area contributed by atoms with Gasteiger partial charge in [0, 0.05) is 23.2 Å². The van der Waals surface area contributed by atoms with E-state index in [1.54, 1.807) is 31.4 Å². The van der Waals surface area contributed by atoms with Crippen LogP contribution in [0.2, 0.25) is 0 Å². The zero-order valence-electron chi connectivity index (χ0n) is 19.8. The summed E-state index contributed by atoms with van der Waals surface area (Å²) in [5.41, 5.74) is 1.31. The van der Waals surface area contributed by atoms with E-state index in [1.807, 2.05) is 60.9 Å². The minimum absolute atomic E-state index is 0.126. The number of aromatic nitrogens is 3. The number of ether oxygens (including phenoxy) is 1. The first-order valence-electron chi connectivity index (χ1n) is 11.3. The van der Waals surface area contributed by atoms with Crippen LogP contribution in [0.1, 0.15) is 36.1 Å². The van der Waals surface area contributed by atoms with Crippen molar-refractivity contribution < 1.29 is 14.3 Å². The van der Waals surface area contributed by atoms with Crippen molar-refractivity contribution in [3.8, 4) is 5.75 Å². The highest BCUT2D eigenvalue weighted by atomic mass is 32.2. The summed E-state index contributed by atoms with van der Waals surface area (Å²) >= 11 is 1.31. The van der Waals surface area contributed by atoms with Gasteiger partial charge in [0.25, 0.3) is 5.91 Å². The number of carbonyl (C=O) groups excluding carboxylic acids is 2. The van der Waals surface area contributed by atoms with E-state index in [0.29, 0.717) is 28.8 Å². The van der Waals surface area contributed by atoms with Gasteiger partial charge in [-0.1, -0.05) is 48.2 Å². The first kappa shape index (κ1) is 24.3. The number of hydrogen-bond acceptors (Lipinski definition) is 6. The highest BCUT2D eigenvalue weighted by Crippen LogP contribution is 2.25. The molecule has 2 amide bonds. The van der Waals surface area contributed by atoms with Gasteiger partial charge in [-0.15, -0.1) is 10.2 Å². The molecule has 1 aromatic heterocycles. The maximum atomic E-state index is 12.7. The lowest BCUT2D eigenvalue weighted by atomic mass is 10.1. The predicted molar refractivity (Wildman–Crippen MR) is 138 cm³/mol. The maximum absolute atomic E-state index is 12.7. The van der Waals surface area contributed by atoms with Gasteiger partial charge in [0.15, 0.2) is 11.0 Å². The molecular weight excluding hydrogens is 462 g/mol. The lowest BCUT2D eigenvalue weighted by Crippen LogP contribution is -2.28. The van der Waals surface area contributed by atoms with Gasteiger partial charge < -0.3 is 19.9 Å². The van der Waals surface area contributed by atoms with E-state index in [4.69, 9.17) is 4.74 Å². The lowest BCUT2D eigenvalue weighted by Gasteiger charge is -2.15. The Hall–Kier alpha value is -3.85. The molecule has 0 saturated carbocycles. The molecule has 0 spiro atoms. The number of thioether (sulfide) groups is 1. The van der Waals surface area contributed by atoms with E-state index in [1.165, 1.54) is 11.8 Å². The molecule has 35 heavy (non-hydrogen) atoms. The zero-order valence-corrected chi connectivity index (χ0v) is 20.6. The number of nitrogens with zero attached hydrogens (tertiary/aromatic N) is 3. The SMILES string of the molecule is CCn1c(SCC(=O)Nc2cccc3ccccc23)nnc1[C@@H](C)NC(=O)c1ccc(OC)cc1. The molecule has 0 aliphatic rings. The topological polar surface area (TPSA) is 98.1 Å². The second kappa shape index (κ2) is 11.1. The molecule has 0 aliphatic carbocycles. The number of carbonyl (C=O) groups is 2. The fraction of sp³-hybridized carbons (Fsp3) is 0.231. The molecule has 180 valence electrons. The van der Waals surface area contributed by atoms with Crippen LogP contribution in [-0.4, -0.2) is 39.4 Å². The molecule has 2 N–H and O–H groups in total. The highest BCUT2D eigenvalue weighted by molar-refractivity contribution is 7.99. The number of rotatable bonds is 9. The van der Waals surface area contributed by atoms with E-state index >= 15 is 0 Å². The molecule has 3 aromatic carbocycles. The van der Waals surface area contributed by atoms with Crippen molar-refractivity contribution in [2.24, 2.45) is 0 Å². The molecule has 0 unspecified atom stereocenters. The van der Waals surface area contributed by atoms with Crippen molar-refractivity contribution in [3.05, 3.63) is 78.1 Å². The molecule has 0 saturated heterocycles. The Morgan fingerprint density at radius 3 is 2.51 bits per heavy atom.